The van der Waals surface area contributed by atoms with E-state index in [0.717, 1.165) is 5.56 Å². The Bertz CT molecular complexity index is 247. The SMILES string of the molecule is Cc1cccc([C@H](N)CCO)c1. The molecule has 1 aromatic rings. The fourth-order valence-electron chi connectivity index (χ4n) is 1.21. The summed E-state index contributed by atoms with van der Waals surface area (Å²) >= 11 is 0. The summed E-state index contributed by atoms with van der Waals surface area (Å²) in [6.45, 7) is 2.18. The van der Waals surface area contributed by atoms with E-state index in [-0.39, 0.29) is 12.6 Å². The molecule has 0 fully saturated rings. The number of hydrogen-bond acceptors (Lipinski definition) is 2. The van der Waals surface area contributed by atoms with Crippen LogP contribution in [-0.2, 0) is 0 Å². The molecule has 66 valence electrons. The van der Waals surface area contributed by atoms with Gasteiger partial charge in [-0.3, -0.25) is 0 Å². The molecule has 0 heterocycles. The first-order chi connectivity index (χ1) is 5.74. The van der Waals surface area contributed by atoms with Gasteiger partial charge in [0.05, 0.1) is 0 Å². The van der Waals surface area contributed by atoms with Crippen LogP contribution in [0, 0.1) is 6.92 Å². The van der Waals surface area contributed by atoms with Gasteiger partial charge in [-0.05, 0) is 18.9 Å². The molecular formula is C10H15NO. The van der Waals surface area contributed by atoms with E-state index in [9.17, 15) is 0 Å². The highest BCUT2D eigenvalue weighted by Gasteiger charge is 2.03. The molecule has 0 aliphatic heterocycles. The van der Waals surface area contributed by atoms with Crippen LogP contribution in [0.4, 0.5) is 0 Å². The molecule has 0 saturated carbocycles. The van der Waals surface area contributed by atoms with Gasteiger partial charge in [0.1, 0.15) is 0 Å². The van der Waals surface area contributed by atoms with Gasteiger partial charge in [-0.15, -0.1) is 0 Å². The average Bonchev–Trinajstić information content (AvgIpc) is 2.05. The van der Waals surface area contributed by atoms with Crippen molar-refractivity contribution in [2.75, 3.05) is 6.61 Å². The van der Waals surface area contributed by atoms with Gasteiger partial charge in [0.25, 0.3) is 0 Å². The average molecular weight is 165 g/mol. The Morgan fingerprint density at radius 1 is 1.50 bits per heavy atom. The molecule has 1 aromatic carbocycles. The first-order valence-corrected chi connectivity index (χ1v) is 4.17. The van der Waals surface area contributed by atoms with Gasteiger partial charge in [0.2, 0.25) is 0 Å². The molecule has 0 unspecified atom stereocenters. The number of rotatable bonds is 3. The van der Waals surface area contributed by atoms with E-state index in [4.69, 9.17) is 10.8 Å². The minimum atomic E-state index is -0.0325. The van der Waals surface area contributed by atoms with Crippen molar-refractivity contribution in [1.29, 1.82) is 0 Å². The standard InChI is InChI=1S/C10H15NO/c1-8-3-2-4-9(7-8)10(11)5-6-12/h2-4,7,10,12H,5-6,11H2,1H3/t10-/m1/s1. The van der Waals surface area contributed by atoms with Crippen molar-refractivity contribution in [3.05, 3.63) is 35.4 Å². The van der Waals surface area contributed by atoms with Gasteiger partial charge in [0, 0.05) is 12.6 Å². The molecule has 1 atom stereocenters. The van der Waals surface area contributed by atoms with Crippen molar-refractivity contribution < 1.29 is 5.11 Å². The van der Waals surface area contributed by atoms with Crippen LogP contribution in [0.15, 0.2) is 24.3 Å². The van der Waals surface area contributed by atoms with E-state index in [2.05, 4.69) is 6.07 Å². The van der Waals surface area contributed by atoms with Gasteiger partial charge >= 0.3 is 0 Å². The first-order valence-electron chi connectivity index (χ1n) is 4.17. The maximum atomic E-state index is 8.69. The minimum absolute atomic E-state index is 0.0325. The molecule has 0 aliphatic rings. The van der Waals surface area contributed by atoms with Gasteiger partial charge in [-0.1, -0.05) is 29.8 Å². The zero-order valence-electron chi connectivity index (χ0n) is 7.33. The summed E-state index contributed by atoms with van der Waals surface area (Å²) in [6.07, 6.45) is 0.628. The molecule has 1 rings (SSSR count). The summed E-state index contributed by atoms with van der Waals surface area (Å²) < 4.78 is 0. The van der Waals surface area contributed by atoms with E-state index in [1.807, 2.05) is 25.1 Å². The zero-order chi connectivity index (χ0) is 8.97. The Balaban J connectivity index is 2.73. The summed E-state index contributed by atoms with van der Waals surface area (Å²) in [5.74, 6) is 0. The van der Waals surface area contributed by atoms with Crippen LogP contribution in [0.25, 0.3) is 0 Å². The van der Waals surface area contributed by atoms with Crippen LogP contribution >= 0.6 is 0 Å². The Hall–Kier alpha value is -0.860. The highest BCUT2D eigenvalue weighted by molar-refractivity contribution is 5.24. The maximum absolute atomic E-state index is 8.69. The van der Waals surface area contributed by atoms with Crippen molar-refractivity contribution in [3.8, 4) is 0 Å². The van der Waals surface area contributed by atoms with Crippen LogP contribution in [0.2, 0.25) is 0 Å². The lowest BCUT2D eigenvalue weighted by Crippen LogP contribution is -2.11. The number of aliphatic hydroxyl groups excluding tert-OH is 1. The molecule has 0 radical (unpaired) electrons. The molecule has 0 spiro atoms. The topological polar surface area (TPSA) is 46.2 Å². The van der Waals surface area contributed by atoms with E-state index in [0.29, 0.717) is 6.42 Å². The third kappa shape index (κ3) is 2.32. The molecule has 2 nitrogen and oxygen atoms in total. The number of hydrogen-bond donors (Lipinski definition) is 2. The Kier molecular flexibility index (Phi) is 3.26. The molecule has 0 amide bonds. The van der Waals surface area contributed by atoms with Crippen LogP contribution < -0.4 is 5.73 Å². The quantitative estimate of drug-likeness (QED) is 0.710. The van der Waals surface area contributed by atoms with Crippen LogP contribution in [0.3, 0.4) is 0 Å². The van der Waals surface area contributed by atoms with Crippen molar-refractivity contribution in [1.82, 2.24) is 0 Å². The molecule has 12 heavy (non-hydrogen) atoms. The normalized spacial score (nSPS) is 12.9. The van der Waals surface area contributed by atoms with Gasteiger partial charge in [-0.2, -0.15) is 0 Å². The van der Waals surface area contributed by atoms with E-state index in [1.165, 1.54) is 5.56 Å². The van der Waals surface area contributed by atoms with Gasteiger partial charge in [-0.25, -0.2) is 0 Å². The lowest BCUT2D eigenvalue weighted by atomic mass is 10.0. The minimum Gasteiger partial charge on any atom is -0.396 e. The third-order valence-corrected chi connectivity index (χ3v) is 1.91. The van der Waals surface area contributed by atoms with Crippen molar-refractivity contribution in [2.45, 2.75) is 19.4 Å². The summed E-state index contributed by atoms with van der Waals surface area (Å²) in [5, 5.41) is 8.69. The molecule has 2 heteroatoms. The molecule has 0 aromatic heterocycles. The van der Waals surface area contributed by atoms with Gasteiger partial charge in [0.15, 0.2) is 0 Å². The fourth-order valence-corrected chi connectivity index (χ4v) is 1.21. The van der Waals surface area contributed by atoms with E-state index >= 15 is 0 Å². The van der Waals surface area contributed by atoms with Crippen molar-refractivity contribution in [2.24, 2.45) is 5.73 Å². The molecule has 0 aliphatic carbocycles. The fraction of sp³-hybridized carbons (Fsp3) is 0.400. The van der Waals surface area contributed by atoms with E-state index in [1.54, 1.807) is 0 Å². The highest BCUT2D eigenvalue weighted by Crippen LogP contribution is 2.14. The molecule has 0 bridgehead atoms. The predicted octanol–water partition coefficient (Wildman–Crippen LogP) is 1.38. The Morgan fingerprint density at radius 2 is 2.25 bits per heavy atom. The second-order valence-corrected chi connectivity index (χ2v) is 3.03. The van der Waals surface area contributed by atoms with Crippen molar-refractivity contribution >= 4 is 0 Å². The second-order valence-electron chi connectivity index (χ2n) is 3.03. The number of benzene rings is 1. The first kappa shape index (κ1) is 9.23. The lowest BCUT2D eigenvalue weighted by molar-refractivity contribution is 0.276. The van der Waals surface area contributed by atoms with Gasteiger partial charge < -0.3 is 10.8 Å². The van der Waals surface area contributed by atoms with Crippen molar-refractivity contribution in [3.63, 3.8) is 0 Å². The summed E-state index contributed by atoms with van der Waals surface area (Å²) in [7, 11) is 0. The molecule has 3 N–H and O–H groups in total. The van der Waals surface area contributed by atoms with Crippen LogP contribution in [0.1, 0.15) is 23.6 Å². The highest BCUT2D eigenvalue weighted by atomic mass is 16.3. The number of nitrogens with two attached hydrogens (primary N) is 1. The summed E-state index contributed by atoms with van der Waals surface area (Å²) in [6, 6.07) is 8.04. The Morgan fingerprint density at radius 3 is 2.83 bits per heavy atom. The molecular weight excluding hydrogens is 150 g/mol. The smallest absolute Gasteiger partial charge is 0.0449 e. The second kappa shape index (κ2) is 4.24. The molecule has 0 saturated heterocycles. The van der Waals surface area contributed by atoms with Crippen LogP contribution in [0.5, 0.6) is 0 Å². The zero-order valence-corrected chi connectivity index (χ0v) is 7.33. The maximum Gasteiger partial charge on any atom is 0.0449 e. The van der Waals surface area contributed by atoms with Crippen LogP contribution in [-0.4, -0.2) is 11.7 Å². The third-order valence-electron chi connectivity index (χ3n) is 1.91. The Labute approximate surface area is 73.0 Å². The predicted molar refractivity (Wildman–Crippen MR) is 49.8 cm³/mol. The number of aliphatic hydroxyl groups is 1. The lowest BCUT2D eigenvalue weighted by Gasteiger charge is -2.10. The summed E-state index contributed by atoms with van der Waals surface area (Å²) in [4.78, 5) is 0. The van der Waals surface area contributed by atoms with E-state index < -0.39 is 0 Å². The summed E-state index contributed by atoms with van der Waals surface area (Å²) in [5.41, 5.74) is 8.12. The number of aryl methyl sites for hydroxylation is 1. The largest absolute Gasteiger partial charge is 0.396 e. The monoisotopic (exact) mass is 165 g/mol.